The van der Waals surface area contributed by atoms with Gasteiger partial charge in [0.15, 0.2) is 0 Å². The standard InChI is InChI=1S/C14H21N3OS/c1-11-12(15)3-2-4-13(11)16-14(18)5-6-17-7-9-19-10-8-17/h2-4H,5-10,15H2,1H3,(H,16,18). The highest BCUT2D eigenvalue weighted by molar-refractivity contribution is 7.99. The molecule has 0 atom stereocenters. The van der Waals surface area contributed by atoms with Gasteiger partial charge in [0.2, 0.25) is 5.91 Å². The Balaban J connectivity index is 1.82. The Labute approximate surface area is 118 Å². The van der Waals surface area contributed by atoms with Crippen molar-refractivity contribution in [1.82, 2.24) is 4.90 Å². The Morgan fingerprint density at radius 2 is 2.16 bits per heavy atom. The Bertz CT molecular complexity index is 444. The number of hydrogen-bond acceptors (Lipinski definition) is 4. The minimum atomic E-state index is 0.0620. The minimum Gasteiger partial charge on any atom is -0.398 e. The van der Waals surface area contributed by atoms with Gasteiger partial charge in [-0.2, -0.15) is 11.8 Å². The largest absolute Gasteiger partial charge is 0.398 e. The van der Waals surface area contributed by atoms with Crippen LogP contribution >= 0.6 is 11.8 Å². The number of nitrogens with two attached hydrogens (primary N) is 1. The fourth-order valence-corrected chi connectivity index (χ4v) is 3.06. The third-order valence-corrected chi connectivity index (χ3v) is 4.35. The van der Waals surface area contributed by atoms with E-state index in [1.54, 1.807) is 0 Å². The number of rotatable bonds is 4. The monoisotopic (exact) mass is 279 g/mol. The second-order valence-electron chi connectivity index (χ2n) is 4.77. The summed E-state index contributed by atoms with van der Waals surface area (Å²) in [7, 11) is 0. The maximum absolute atomic E-state index is 11.9. The van der Waals surface area contributed by atoms with Gasteiger partial charge in [0.1, 0.15) is 0 Å². The Morgan fingerprint density at radius 3 is 2.89 bits per heavy atom. The van der Waals surface area contributed by atoms with Gasteiger partial charge in [-0.3, -0.25) is 4.79 Å². The van der Waals surface area contributed by atoms with Crippen LogP contribution in [0.5, 0.6) is 0 Å². The molecule has 19 heavy (non-hydrogen) atoms. The molecule has 1 heterocycles. The normalized spacial score (nSPS) is 16.3. The molecule has 1 aliphatic rings. The second-order valence-corrected chi connectivity index (χ2v) is 6.00. The van der Waals surface area contributed by atoms with E-state index < -0.39 is 0 Å². The highest BCUT2D eigenvalue weighted by Gasteiger charge is 2.12. The molecule has 0 unspecified atom stereocenters. The second kappa shape index (κ2) is 6.82. The van der Waals surface area contributed by atoms with Gasteiger partial charge in [-0.15, -0.1) is 0 Å². The highest BCUT2D eigenvalue weighted by atomic mass is 32.2. The zero-order valence-electron chi connectivity index (χ0n) is 11.3. The lowest BCUT2D eigenvalue weighted by molar-refractivity contribution is -0.116. The van der Waals surface area contributed by atoms with Crippen molar-refractivity contribution in [3.8, 4) is 0 Å². The number of carbonyl (C=O) groups excluding carboxylic acids is 1. The summed E-state index contributed by atoms with van der Waals surface area (Å²) in [5.41, 5.74) is 8.29. The van der Waals surface area contributed by atoms with E-state index in [2.05, 4.69) is 10.2 Å². The van der Waals surface area contributed by atoms with Gasteiger partial charge in [-0.1, -0.05) is 6.07 Å². The van der Waals surface area contributed by atoms with Crippen molar-refractivity contribution < 1.29 is 4.79 Å². The van der Waals surface area contributed by atoms with E-state index in [-0.39, 0.29) is 5.91 Å². The average Bonchev–Trinajstić information content (AvgIpc) is 2.43. The lowest BCUT2D eigenvalue weighted by atomic mass is 10.1. The van der Waals surface area contributed by atoms with Crippen LogP contribution in [0.3, 0.4) is 0 Å². The van der Waals surface area contributed by atoms with Gasteiger partial charge in [0, 0.05) is 48.9 Å². The average molecular weight is 279 g/mol. The quantitative estimate of drug-likeness (QED) is 0.827. The van der Waals surface area contributed by atoms with Crippen molar-refractivity contribution in [1.29, 1.82) is 0 Å². The molecular weight excluding hydrogens is 258 g/mol. The molecule has 1 aromatic carbocycles. The number of nitrogens with one attached hydrogen (secondary N) is 1. The molecule has 5 heteroatoms. The molecule has 1 amide bonds. The smallest absolute Gasteiger partial charge is 0.225 e. The van der Waals surface area contributed by atoms with Crippen LogP contribution in [0.1, 0.15) is 12.0 Å². The first kappa shape index (κ1) is 14.2. The number of anilines is 2. The summed E-state index contributed by atoms with van der Waals surface area (Å²) in [6.45, 7) is 4.95. The van der Waals surface area contributed by atoms with Crippen LogP contribution in [-0.4, -0.2) is 41.9 Å². The third kappa shape index (κ3) is 4.14. The number of nitrogens with zero attached hydrogens (tertiary/aromatic N) is 1. The molecule has 1 saturated heterocycles. The van der Waals surface area contributed by atoms with Gasteiger partial charge >= 0.3 is 0 Å². The first-order chi connectivity index (χ1) is 9.16. The summed E-state index contributed by atoms with van der Waals surface area (Å²) < 4.78 is 0. The fraction of sp³-hybridized carbons (Fsp3) is 0.500. The Hall–Kier alpha value is -1.20. The number of thioether (sulfide) groups is 1. The van der Waals surface area contributed by atoms with Crippen LogP contribution in [0.25, 0.3) is 0 Å². The van der Waals surface area contributed by atoms with Gasteiger partial charge in [-0.25, -0.2) is 0 Å². The van der Waals surface area contributed by atoms with Crippen LogP contribution in [-0.2, 0) is 4.79 Å². The molecule has 3 N–H and O–H groups in total. The van der Waals surface area contributed by atoms with Crippen molar-refractivity contribution >= 4 is 29.0 Å². The summed E-state index contributed by atoms with van der Waals surface area (Å²) >= 11 is 1.98. The van der Waals surface area contributed by atoms with Crippen LogP contribution in [0, 0.1) is 6.92 Å². The predicted molar refractivity (Wildman–Crippen MR) is 82.6 cm³/mol. The summed E-state index contributed by atoms with van der Waals surface area (Å²) in [6.07, 6.45) is 0.541. The maximum atomic E-state index is 11.9. The zero-order valence-corrected chi connectivity index (χ0v) is 12.1. The van der Waals surface area contributed by atoms with E-state index in [0.717, 1.165) is 30.9 Å². The minimum absolute atomic E-state index is 0.0620. The molecule has 4 nitrogen and oxygen atoms in total. The molecule has 0 saturated carbocycles. The molecule has 2 rings (SSSR count). The number of hydrogen-bond donors (Lipinski definition) is 2. The number of amides is 1. The van der Waals surface area contributed by atoms with E-state index >= 15 is 0 Å². The summed E-state index contributed by atoms with van der Waals surface area (Å²) in [6, 6.07) is 5.59. The number of benzene rings is 1. The lowest BCUT2D eigenvalue weighted by Gasteiger charge is -2.25. The summed E-state index contributed by atoms with van der Waals surface area (Å²) in [5.74, 6) is 2.42. The van der Waals surface area contributed by atoms with Gasteiger partial charge in [0.05, 0.1) is 0 Å². The van der Waals surface area contributed by atoms with E-state index in [1.165, 1.54) is 11.5 Å². The van der Waals surface area contributed by atoms with Crippen molar-refractivity contribution in [2.75, 3.05) is 42.2 Å². The number of nitrogen functional groups attached to an aromatic ring is 1. The van der Waals surface area contributed by atoms with Gasteiger partial charge in [0.25, 0.3) is 0 Å². The molecule has 1 aliphatic heterocycles. The molecule has 104 valence electrons. The van der Waals surface area contributed by atoms with E-state index in [0.29, 0.717) is 12.1 Å². The molecule has 1 aromatic rings. The summed E-state index contributed by atoms with van der Waals surface area (Å²) in [4.78, 5) is 14.3. The van der Waals surface area contributed by atoms with E-state index in [9.17, 15) is 4.79 Å². The third-order valence-electron chi connectivity index (χ3n) is 3.41. The molecule has 0 spiro atoms. The molecular formula is C14H21N3OS. The van der Waals surface area contributed by atoms with Crippen LogP contribution < -0.4 is 11.1 Å². The first-order valence-electron chi connectivity index (χ1n) is 6.62. The fourth-order valence-electron chi connectivity index (χ4n) is 2.09. The number of carbonyl (C=O) groups is 1. The van der Waals surface area contributed by atoms with Crippen LogP contribution in [0.2, 0.25) is 0 Å². The molecule has 0 aromatic heterocycles. The van der Waals surface area contributed by atoms with Crippen molar-refractivity contribution in [3.05, 3.63) is 23.8 Å². The molecule has 0 radical (unpaired) electrons. The van der Waals surface area contributed by atoms with Crippen molar-refractivity contribution in [3.63, 3.8) is 0 Å². The van der Waals surface area contributed by atoms with Crippen molar-refractivity contribution in [2.24, 2.45) is 0 Å². The van der Waals surface area contributed by atoms with Crippen molar-refractivity contribution in [2.45, 2.75) is 13.3 Å². The Kier molecular flexibility index (Phi) is 5.10. The zero-order chi connectivity index (χ0) is 13.7. The maximum Gasteiger partial charge on any atom is 0.225 e. The Morgan fingerprint density at radius 1 is 1.42 bits per heavy atom. The predicted octanol–water partition coefficient (Wildman–Crippen LogP) is 1.95. The molecule has 0 bridgehead atoms. The molecule has 0 aliphatic carbocycles. The topological polar surface area (TPSA) is 58.4 Å². The lowest BCUT2D eigenvalue weighted by Crippen LogP contribution is -2.35. The SMILES string of the molecule is Cc1c(N)cccc1NC(=O)CCN1CCSCC1. The van der Waals surface area contributed by atoms with Gasteiger partial charge < -0.3 is 16.0 Å². The van der Waals surface area contributed by atoms with Gasteiger partial charge in [-0.05, 0) is 24.6 Å². The van der Waals surface area contributed by atoms with Crippen LogP contribution in [0.15, 0.2) is 18.2 Å². The first-order valence-corrected chi connectivity index (χ1v) is 7.77. The van der Waals surface area contributed by atoms with Crippen LogP contribution in [0.4, 0.5) is 11.4 Å². The van der Waals surface area contributed by atoms with E-state index in [1.807, 2.05) is 36.9 Å². The van der Waals surface area contributed by atoms with E-state index in [4.69, 9.17) is 5.73 Å². The summed E-state index contributed by atoms with van der Waals surface area (Å²) in [5, 5.41) is 2.94. The highest BCUT2D eigenvalue weighted by Crippen LogP contribution is 2.20. The molecule has 1 fully saturated rings.